The summed E-state index contributed by atoms with van der Waals surface area (Å²) in [5.41, 5.74) is 0.973. The molecule has 0 fully saturated rings. The first-order valence-electron chi connectivity index (χ1n) is 4.12. The molecule has 13 heavy (non-hydrogen) atoms. The summed E-state index contributed by atoms with van der Waals surface area (Å²) in [6.45, 7) is 1.95. The van der Waals surface area contributed by atoms with Crippen LogP contribution in [0.15, 0.2) is 32.1 Å². The van der Waals surface area contributed by atoms with Gasteiger partial charge in [-0.15, -0.1) is 0 Å². The number of dihydropyridines is 1. The van der Waals surface area contributed by atoms with E-state index in [9.17, 15) is 0 Å². The maximum atomic E-state index is 4.31. The molecule has 0 aromatic heterocycles. The SMILES string of the molecule is CN=C1N=CC2C=CC(C)=NC2=N1. The Morgan fingerprint density at radius 1 is 1.38 bits per heavy atom. The van der Waals surface area contributed by atoms with Gasteiger partial charge in [0.25, 0.3) is 0 Å². The first-order chi connectivity index (χ1) is 6.29. The van der Waals surface area contributed by atoms with Crippen molar-refractivity contribution in [2.45, 2.75) is 6.92 Å². The molecule has 0 saturated heterocycles. The van der Waals surface area contributed by atoms with E-state index >= 15 is 0 Å². The van der Waals surface area contributed by atoms with Crippen LogP contribution in [0.3, 0.4) is 0 Å². The van der Waals surface area contributed by atoms with Gasteiger partial charge in [-0.3, -0.25) is 4.99 Å². The van der Waals surface area contributed by atoms with Crippen molar-refractivity contribution in [3.05, 3.63) is 12.2 Å². The minimum absolute atomic E-state index is 0.134. The zero-order valence-corrected chi connectivity index (χ0v) is 7.60. The fourth-order valence-corrected chi connectivity index (χ4v) is 1.22. The third kappa shape index (κ3) is 1.47. The van der Waals surface area contributed by atoms with Crippen LogP contribution in [-0.2, 0) is 0 Å². The Morgan fingerprint density at radius 2 is 2.23 bits per heavy atom. The second-order valence-corrected chi connectivity index (χ2v) is 2.91. The highest BCUT2D eigenvalue weighted by Crippen LogP contribution is 2.12. The van der Waals surface area contributed by atoms with E-state index in [1.807, 2.05) is 25.3 Å². The highest BCUT2D eigenvalue weighted by Gasteiger charge is 2.18. The Morgan fingerprint density at radius 3 is 3.00 bits per heavy atom. The molecule has 0 aromatic carbocycles. The molecular weight excluding hydrogens is 164 g/mol. The van der Waals surface area contributed by atoms with Crippen LogP contribution in [0.1, 0.15) is 6.92 Å². The van der Waals surface area contributed by atoms with Gasteiger partial charge in [-0.05, 0) is 13.0 Å². The summed E-state index contributed by atoms with van der Waals surface area (Å²) in [6, 6.07) is 0. The Labute approximate surface area is 76.5 Å². The Balaban J connectivity index is 2.38. The summed E-state index contributed by atoms with van der Waals surface area (Å²) in [7, 11) is 1.67. The van der Waals surface area contributed by atoms with E-state index in [2.05, 4.69) is 20.0 Å². The lowest BCUT2D eigenvalue weighted by molar-refractivity contribution is 1.15. The van der Waals surface area contributed by atoms with Gasteiger partial charge in [0.2, 0.25) is 5.96 Å². The average Bonchev–Trinajstić information content (AvgIpc) is 2.16. The van der Waals surface area contributed by atoms with Crippen molar-refractivity contribution in [1.29, 1.82) is 0 Å². The number of aliphatic imine (C=N–C) groups is 4. The molecule has 0 N–H and O–H groups in total. The predicted molar refractivity (Wildman–Crippen MR) is 55.0 cm³/mol. The first kappa shape index (κ1) is 8.04. The summed E-state index contributed by atoms with van der Waals surface area (Å²) in [4.78, 5) is 16.5. The molecule has 0 amide bonds. The van der Waals surface area contributed by atoms with E-state index in [1.54, 1.807) is 7.05 Å². The van der Waals surface area contributed by atoms with Crippen LogP contribution in [0.5, 0.6) is 0 Å². The predicted octanol–water partition coefficient (Wildman–Crippen LogP) is 1.10. The summed E-state index contributed by atoms with van der Waals surface area (Å²) < 4.78 is 0. The molecule has 0 aliphatic carbocycles. The molecule has 0 radical (unpaired) electrons. The standard InChI is InChI=1S/C9H10N4/c1-6-3-4-7-5-11-9(10-2)13-8(7)12-6/h3-5,7H,1-2H3. The molecule has 4 nitrogen and oxygen atoms in total. The number of hydrogen-bond acceptors (Lipinski definition) is 2. The van der Waals surface area contributed by atoms with Crippen LogP contribution in [0.25, 0.3) is 0 Å². The minimum Gasteiger partial charge on any atom is -0.253 e. The third-order valence-corrected chi connectivity index (χ3v) is 1.90. The molecule has 66 valence electrons. The van der Waals surface area contributed by atoms with Crippen LogP contribution in [0.2, 0.25) is 0 Å². The zero-order chi connectivity index (χ0) is 9.26. The average molecular weight is 174 g/mol. The Kier molecular flexibility index (Phi) is 1.88. The maximum absolute atomic E-state index is 4.31. The van der Waals surface area contributed by atoms with Gasteiger partial charge in [0, 0.05) is 19.0 Å². The number of rotatable bonds is 0. The molecule has 2 rings (SSSR count). The van der Waals surface area contributed by atoms with Gasteiger partial charge in [0.1, 0.15) is 5.84 Å². The molecule has 0 saturated carbocycles. The van der Waals surface area contributed by atoms with E-state index in [-0.39, 0.29) is 5.92 Å². The minimum atomic E-state index is 0.134. The first-order valence-corrected chi connectivity index (χ1v) is 4.12. The quantitative estimate of drug-likeness (QED) is 0.528. The smallest absolute Gasteiger partial charge is 0.245 e. The topological polar surface area (TPSA) is 49.4 Å². The summed E-state index contributed by atoms with van der Waals surface area (Å²) in [5.74, 6) is 1.42. The van der Waals surface area contributed by atoms with Crippen molar-refractivity contribution >= 4 is 23.7 Å². The van der Waals surface area contributed by atoms with Crippen molar-refractivity contribution in [1.82, 2.24) is 0 Å². The molecule has 0 aromatic rings. The molecule has 2 heterocycles. The van der Waals surface area contributed by atoms with Crippen LogP contribution in [0, 0.1) is 5.92 Å². The van der Waals surface area contributed by atoms with Gasteiger partial charge < -0.3 is 0 Å². The Hall–Kier alpha value is -1.58. The lowest BCUT2D eigenvalue weighted by atomic mass is 10.1. The molecular formula is C9H10N4. The molecule has 2 aliphatic heterocycles. The highest BCUT2D eigenvalue weighted by molar-refractivity contribution is 6.17. The number of fused-ring (bicyclic) bond motifs is 1. The number of allylic oxidation sites excluding steroid dienone is 1. The van der Waals surface area contributed by atoms with E-state index in [4.69, 9.17) is 0 Å². The van der Waals surface area contributed by atoms with Crippen LogP contribution in [0.4, 0.5) is 0 Å². The molecule has 0 spiro atoms. The van der Waals surface area contributed by atoms with Crippen molar-refractivity contribution in [2.75, 3.05) is 7.05 Å². The van der Waals surface area contributed by atoms with E-state index in [0.717, 1.165) is 11.5 Å². The second-order valence-electron chi connectivity index (χ2n) is 2.91. The van der Waals surface area contributed by atoms with Gasteiger partial charge in [-0.1, -0.05) is 6.08 Å². The van der Waals surface area contributed by atoms with Crippen LogP contribution in [-0.4, -0.2) is 30.8 Å². The lowest BCUT2D eigenvalue weighted by Crippen LogP contribution is -2.22. The van der Waals surface area contributed by atoms with Crippen LogP contribution < -0.4 is 0 Å². The van der Waals surface area contributed by atoms with Crippen molar-refractivity contribution in [2.24, 2.45) is 25.9 Å². The van der Waals surface area contributed by atoms with Gasteiger partial charge in [-0.25, -0.2) is 9.98 Å². The second kappa shape index (κ2) is 3.05. The lowest BCUT2D eigenvalue weighted by Gasteiger charge is -2.15. The maximum Gasteiger partial charge on any atom is 0.245 e. The summed E-state index contributed by atoms with van der Waals surface area (Å²) in [5, 5.41) is 0. The van der Waals surface area contributed by atoms with Gasteiger partial charge >= 0.3 is 0 Å². The van der Waals surface area contributed by atoms with E-state index < -0.39 is 0 Å². The largest absolute Gasteiger partial charge is 0.253 e. The summed E-state index contributed by atoms with van der Waals surface area (Å²) >= 11 is 0. The third-order valence-electron chi connectivity index (χ3n) is 1.90. The van der Waals surface area contributed by atoms with Gasteiger partial charge in [0.05, 0.1) is 5.92 Å². The van der Waals surface area contributed by atoms with Crippen molar-refractivity contribution in [3.63, 3.8) is 0 Å². The van der Waals surface area contributed by atoms with E-state index in [1.165, 1.54) is 0 Å². The highest BCUT2D eigenvalue weighted by atomic mass is 15.1. The summed E-state index contributed by atoms with van der Waals surface area (Å²) in [6.07, 6.45) is 5.83. The van der Waals surface area contributed by atoms with Gasteiger partial charge in [-0.2, -0.15) is 4.99 Å². The fourth-order valence-electron chi connectivity index (χ4n) is 1.22. The van der Waals surface area contributed by atoms with E-state index in [0.29, 0.717) is 5.96 Å². The molecule has 4 heteroatoms. The van der Waals surface area contributed by atoms with Crippen molar-refractivity contribution < 1.29 is 0 Å². The fraction of sp³-hybridized carbons (Fsp3) is 0.333. The molecule has 0 bridgehead atoms. The zero-order valence-electron chi connectivity index (χ0n) is 7.60. The number of hydrogen-bond donors (Lipinski definition) is 0. The number of amidine groups is 1. The number of guanidine groups is 1. The Bertz CT molecular complexity index is 371. The molecule has 2 aliphatic rings. The monoisotopic (exact) mass is 174 g/mol. The number of nitrogens with zero attached hydrogens (tertiary/aromatic N) is 4. The normalized spacial score (nSPS) is 28.5. The molecule has 1 unspecified atom stereocenters. The van der Waals surface area contributed by atoms with Crippen LogP contribution >= 0.6 is 0 Å². The molecule has 1 atom stereocenters. The van der Waals surface area contributed by atoms with Crippen molar-refractivity contribution in [3.8, 4) is 0 Å². The van der Waals surface area contributed by atoms with Gasteiger partial charge in [0.15, 0.2) is 0 Å².